The average Bonchev–Trinajstić information content (AvgIpc) is 3.42. The van der Waals surface area contributed by atoms with E-state index in [1.807, 2.05) is 19.9 Å². The summed E-state index contributed by atoms with van der Waals surface area (Å²) < 4.78 is 20.4. The minimum atomic E-state index is -0.750. The topological polar surface area (TPSA) is 145 Å². The number of piperidine rings is 1. The maximum atomic E-state index is 13.6. The van der Waals surface area contributed by atoms with E-state index in [4.69, 9.17) is 19.9 Å². The summed E-state index contributed by atoms with van der Waals surface area (Å²) in [5.74, 6) is 1.79. The van der Waals surface area contributed by atoms with Crippen LogP contribution >= 0.6 is 0 Å². The second kappa shape index (κ2) is 14.1. The quantitative estimate of drug-likeness (QED) is 0.220. The van der Waals surface area contributed by atoms with Gasteiger partial charge in [-0.25, -0.2) is 4.79 Å². The fraction of sp³-hybridized carbons (Fsp3) is 0.892. The molecule has 0 radical (unpaired) electrons. The molecule has 0 amide bonds. The van der Waals surface area contributed by atoms with Gasteiger partial charge in [0.15, 0.2) is 0 Å². The third-order valence-electron chi connectivity index (χ3n) is 13.6. The molecule has 9 heteroatoms. The first kappa shape index (κ1) is 34.3. The van der Waals surface area contributed by atoms with Crippen LogP contribution in [0.25, 0.3) is 0 Å². The number of allylic oxidation sites excluding steroid dienone is 1. The van der Waals surface area contributed by atoms with Crippen molar-refractivity contribution in [1.82, 2.24) is 0 Å². The Bertz CT molecular complexity index is 1120. The summed E-state index contributed by atoms with van der Waals surface area (Å²) >= 11 is 0. The molecule has 13 atom stereocenters. The van der Waals surface area contributed by atoms with Crippen LogP contribution in [0.15, 0.2) is 11.6 Å². The molecule has 46 heavy (non-hydrogen) atoms. The molecular weight excluding hydrogens is 584 g/mol. The van der Waals surface area contributed by atoms with Crippen molar-refractivity contribution in [2.24, 2.45) is 53.1 Å². The Hall–Kier alpha value is -1.52. The van der Waals surface area contributed by atoms with Gasteiger partial charge in [-0.3, -0.25) is 10.5 Å². The zero-order valence-corrected chi connectivity index (χ0v) is 28.5. The first-order valence-corrected chi connectivity index (χ1v) is 18.7. The van der Waals surface area contributed by atoms with E-state index in [0.29, 0.717) is 60.8 Å². The van der Waals surface area contributed by atoms with Crippen LogP contribution in [-0.2, 0) is 23.8 Å². The lowest BCUT2D eigenvalue weighted by Crippen LogP contribution is -2.96. The van der Waals surface area contributed by atoms with Gasteiger partial charge < -0.3 is 29.7 Å². The highest BCUT2D eigenvalue weighted by atomic mass is 16.6. The second-order valence-corrected chi connectivity index (χ2v) is 16.3. The highest BCUT2D eigenvalue weighted by Crippen LogP contribution is 2.64. The summed E-state index contributed by atoms with van der Waals surface area (Å²) in [5, 5.41) is 21.6. The van der Waals surface area contributed by atoms with E-state index in [1.54, 1.807) is 0 Å². The minimum Gasteiger partial charge on any atom is -0.462 e. The molecule has 260 valence electrons. The van der Waals surface area contributed by atoms with E-state index in [2.05, 4.69) is 12.2 Å². The van der Waals surface area contributed by atoms with Crippen molar-refractivity contribution in [2.45, 2.75) is 140 Å². The Labute approximate surface area is 275 Å². The van der Waals surface area contributed by atoms with E-state index in [0.717, 1.165) is 45.1 Å². The van der Waals surface area contributed by atoms with Gasteiger partial charge in [0.05, 0.1) is 18.6 Å². The number of carbonyl (C=O) groups excluding carboxylic acids is 2. The lowest BCUT2D eigenvalue weighted by atomic mass is 9.49. The van der Waals surface area contributed by atoms with Crippen molar-refractivity contribution in [1.29, 1.82) is 0 Å². The predicted molar refractivity (Wildman–Crippen MR) is 173 cm³/mol. The number of hydrogen-bond acceptors (Lipinski definition) is 8. The molecule has 3 saturated carbocycles. The molecule has 6 fully saturated rings. The van der Waals surface area contributed by atoms with Crippen molar-refractivity contribution in [3.63, 3.8) is 0 Å². The molecule has 6 aliphatic rings. The molecule has 0 bridgehead atoms. The Kier molecular flexibility index (Phi) is 10.6. The summed E-state index contributed by atoms with van der Waals surface area (Å²) in [6.45, 7) is 7.03. The molecule has 6 N–H and O–H groups in total. The molecule has 0 aromatic rings. The van der Waals surface area contributed by atoms with Crippen LogP contribution < -0.4 is 11.1 Å². The van der Waals surface area contributed by atoms with Crippen molar-refractivity contribution in [2.75, 3.05) is 19.8 Å². The van der Waals surface area contributed by atoms with Crippen LogP contribution in [0.5, 0.6) is 0 Å². The van der Waals surface area contributed by atoms with Gasteiger partial charge in [-0.2, -0.15) is 0 Å². The van der Waals surface area contributed by atoms with Crippen LogP contribution in [0.2, 0.25) is 0 Å². The number of rotatable bonds is 9. The van der Waals surface area contributed by atoms with E-state index >= 15 is 0 Å². The van der Waals surface area contributed by atoms with Gasteiger partial charge in [-0.05, 0) is 108 Å². The first-order valence-electron chi connectivity index (χ1n) is 18.7. The lowest BCUT2D eigenvalue weighted by molar-refractivity contribution is -0.704. The third kappa shape index (κ3) is 6.45. The van der Waals surface area contributed by atoms with Crippen LogP contribution in [-0.4, -0.2) is 71.5 Å². The van der Waals surface area contributed by atoms with Gasteiger partial charge in [-0.1, -0.05) is 25.3 Å². The lowest BCUT2D eigenvalue weighted by Gasteiger charge is -2.61. The fourth-order valence-corrected chi connectivity index (χ4v) is 11.2. The number of fused-ring (bicyclic) bond motifs is 3. The summed E-state index contributed by atoms with van der Waals surface area (Å²) in [7, 11) is 0. The third-order valence-corrected chi connectivity index (χ3v) is 13.6. The Morgan fingerprint density at radius 1 is 1.07 bits per heavy atom. The smallest absolute Gasteiger partial charge is 0.334 e. The number of aliphatic hydroxyl groups is 2. The predicted octanol–water partition coefficient (Wildman–Crippen LogP) is 3.60. The highest BCUT2D eigenvalue weighted by molar-refractivity contribution is 5.88. The van der Waals surface area contributed by atoms with E-state index in [1.165, 1.54) is 25.7 Å². The van der Waals surface area contributed by atoms with Gasteiger partial charge in [0.25, 0.3) is 0 Å². The van der Waals surface area contributed by atoms with Crippen LogP contribution in [0.1, 0.15) is 111 Å². The fourth-order valence-electron chi connectivity index (χ4n) is 11.2. The van der Waals surface area contributed by atoms with Gasteiger partial charge in [0.1, 0.15) is 23.5 Å². The van der Waals surface area contributed by atoms with Crippen LogP contribution in [0, 0.1) is 47.3 Å². The normalized spacial score (nSPS) is 44.9. The molecule has 1 spiro atoms. The van der Waals surface area contributed by atoms with Crippen molar-refractivity contribution >= 4 is 11.9 Å². The zero-order valence-electron chi connectivity index (χ0n) is 28.5. The number of carbonyl (C=O) groups is 2. The van der Waals surface area contributed by atoms with Crippen LogP contribution in [0.4, 0.5) is 0 Å². The molecular formula is C37H61N2O7+. The molecule has 3 heterocycles. The van der Waals surface area contributed by atoms with E-state index in [-0.39, 0.29) is 61.3 Å². The number of nitrogens with two attached hydrogens (primary N) is 2. The van der Waals surface area contributed by atoms with Gasteiger partial charge in [0, 0.05) is 43.5 Å². The minimum absolute atomic E-state index is 0.00135. The summed E-state index contributed by atoms with van der Waals surface area (Å²) in [6.07, 6.45) is 14.9. The summed E-state index contributed by atoms with van der Waals surface area (Å²) in [6, 6.07) is 0. The monoisotopic (exact) mass is 645 g/mol. The van der Waals surface area contributed by atoms with Crippen molar-refractivity contribution in [3.05, 3.63) is 11.6 Å². The van der Waals surface area contributed by atoms with Crippen LogP contribution in [0.3, 0.4) is 0 Å². The summed E-state index contributed by atoms with van der Waals surface area (Å²) in [4.78, 5) is 26.8. The summed E-state index contributed by atoms with van der Waals surface area (Å²) in [5.41, 5.74) is 5.68. The molecule has 3 aliphatic heterocycles. The molecule has 0 aromatic carbocycles. The Morgan fingerprint density at radius 3 is 2.59 bits per heavy atom. The average molecular weight is 646 g/mol. The molecule has 9 nitrogen and oxygen atoms in total. The molecule has 3 saturated heterocycles. The number of ether oxygens (including phenoxy) is 3. The van der Waals surface area contributed by atoms with Gasteiger partial charge in [-0.15, -0.1) is 0 Å². The van der Waals surface area contributed by atoms with Gasteiger partial charge >= 0.3 is 11.9 Å². The van der Waals surface area contributed by atoms with Crippen molar-refractivity contribution in [3.8, 4) is 0 Å². The number of hydrogen-bond donors (Lipinski definition) is 4. The SMILES string of the molecule is CC=C(C)C(=O)OC1(C)CC2CCCCC2C(C2CCC(N)[NH2+]C2)C12CC1CC3CC(CC(CO)CCCO)C(=O)OC3CC1O2. The van der Waals surface area contributed by atoms with Crippen molar-refractivity contribution < 1.29 is 39.3 Å². The maximum Gasteiger partial charge on any atom is 0.334 e. The molecule has 3 aliphatic carbocycles. The largest absolute Gasteiger partial charge is 0.462 e. The molecule has 13 unspecified atom stereocenters. The van der Waals surface area contributed by atoms with E-state index < -0.39 is 11.2 Å². The number of aliphatic hydroxyl groups excluding tert-OH is 2. The second-order valence-electron chi connectivity index (χ2n) is 16.3. The molecule has 0 aromatic heterocycles. The van der Waals surface area contributed by atoms with E-state index in [9.17, 15) is 19.8 Å². The molecule has 6 rings (SSSR count). The highest BCUT2D eigenvalue weighted by Gasteiger charge is 2.70. The zero-order chi connectivity index (χ0) is 32.6. The first-order chi connectivity index (χ1) is 22.1. The Morgan fingerprint density at radius 2 is 1.87 bits per heavy atom. The Balaban J connectivity index is 1.30. The maximum absolute atomic E-state index is 13.6. The number of quaternary nitrogens is 1. The standard InChI is InChI=1S/C37H60N2O7/c1-4-22(2)34(42)46-36(3)18-24-9-5-6-10-29(24)33(25-11-12-32(38)39-20-25)37(36)19-28-16-26-15-27(14-23(21-41)8-7-13-40)35(43)44-30(26)17-31(28)45-37/h4,23-33,39-41H,5-21,38H2,1-3H3/p+1. The van der Waals surface area contributed by atoms with Gasteiger partial charge in [0.2, 0.25) is 0 Å². The number of esters is 2.